The lowest BCUT2D eigenvalue weighted by Gasteiger charge is -2.26. The van der Waals surface area contributed by atoms with Crippen LogP contribution in [0.25, 0.3) is 0 Å². The van der Waals surface area contributed by atoms with Crippen molar-refractivity contribution in [2.24, 2.45) is 0 Å². The molecule has 1 saturated heterocycles. The van der Waals surface area contributed by atoms with Gasteiger partial charge >= 0.3 is 0 Å². The zero-order valence-electron chi connectivity index (χ0n) is 12.2. The molecule has 114 valence electrons. The van der Waals surface area contributed by atoms with Gasteiger partial charge in [0, 0.05) is 19.0 Å². The molecule has 1 aromatic carbocycles. The van der Waals surface area contributed by atoms with Gasteiger partial charge in [0.05, 0.1) is 17.8 Å². The molecule has 1 fully saturated rings. The molecule has 0 aliphatic carbocycles. The van der Waals surface area contributed by atoms with Crippen molar-refractivity contribution < 1.29 is 14.3 Å². The van der Waals surface area contributed by atoms with Crippen molar-refractivity contribution in [1.29, 1.82) is 0 Å². The average molecular weight is 311 g/mol. The van der Waals surface area contributed by atoms with E-state index in [2.05, 4.69) is 5.32 Å². The minimum Gasteiger partial charge on any atom is -0.497 e. The number of carbonyl (C=O) groups excluding carboxylic acids is 2. The summed E-state index contributed by atoms with van der Waals surface area (Å²) in [5, 5.41) is 3.20. The maximum atomic E-state index is 12.4. The molecule has 2 amide bonds. The van der Waals surface area contributed by atoms with Crippen LogP contribution in [0.15, 0.2) is 18.2 Å². The standard InChI is InChI=1S/C15H19ClN2O3/c1-3-13(18-8-4-5-14(18)19)15(20)17-12-7-6-10(21-2)9-11(12)16/h6-7,9,13H,3-5,8H2,1-2H3,(H,17,20)/t13-/m0/s1. The number of nitrogens with one attached hydrogen (secondary N) is 1. The molecule has 0 aromatic heterocycles. The lowest BCUT2D eigenvalue weighted by atomic mass is 10.1. The number of carbonyl (C=O) groups is 2. The first-order valence-electron chi connectivity index (χ1n) is 7.00. The molecule has 1 atom stereocenters. The first-order chi connectivity index (χ1) is 10.1. The number of ether oxygens (including phenoxy) is 1. The Labute approximate surface area is 129 Å². The minimum absolute atomic E-state index is 0.0397. The van der Waals surface area contributed by atoms with Crippen LogP contribution in [0.3, 0.4) is 0 Å². The first-order valence-corrected chi connectivity index (χ1v) is 7.38. The van der Waals surface area contributed by atoms with E-state index in [-0.39, 0.29) is 11.8 Å². The highest BCUT2D eigenvalue weighted by Crippen LogP contribution is 2.27. The summed E-state index contributed by atoms with van der Waals surface area (Å²) < 4.78 is 5.07. The Morgan fingerprint density at radius 1 is 1.52 bits per heavy atom. The van der Waals surface area contributed by atoms with Crippen LogP contribution in [-0.2, 0) is 9.59 Å². The summed E-state index contributed by atoms with van der Waals surface area (Å²) in [4.78, 5) is 25.8. The number of anilines is 1. The largest absolute Gasteiger partial charge is 0.497 e. The van der Waals surface area contributed by atoms with Gasteiger partial charge < -0.3 is 15.0 Å². The molecule has 0 radical (unpaired) electrons. The number of rotatable bonds is 5. The molecule has 0 saturated carbocycles. The van der Waals surface area contributed by atoms with Crippen LogP contribution in [0.5, 0.6) is 5.75 Å². The zero-order valence-corrected chi connectivity index (χ0v) is 12.9. The van der Waals surface area contributed by atoms with Crippen molar-refractivity contribution in [3.05, 3.63) is 23.2 Å². The van der Waals surface area contributed by atoms with E-state index < -0.39 is 6.04 Å². The van der Waals surface area contributed by atoms with Crippen LogP contribution in [0.2, 0.25) is 5.02 Å². The number of amides is 2. The molecule has 2 rings (SSSR count). The van der Waals surface area contributed by atoms with Gasteiger partial charge in [-0.2, -0.15) is 0 Å². The first kappa shape index (κ1) is 15.6. The van der Waals surface area contributed by atoms with Crippen LogP contribution in [0.4, 0.5) is 5.69 Å². The fourth-order valence-electron chi connectivity index (χ4n) is 2.49. The van der Waals surface area contributed by atoms with Gasteiger partial charge in [-0.3, -0.25) is 9.59 Å². The van der Waals surface area contributed by atoms with Crippen molar-refractivity contribution in [2.75, 3.05) is 19.0 Å². The molecular weight excluding hydrogens is 292 g/mol. The fourth-order valence-corrected chi connectivity index (χ4v) is 2.70. The summed E-state index contributed by atoms with van der Waals surface area (Å²) in [7, 11) is 1.55. The zero-order chi connectivity index (χ0) is 15.4. The van der Waals surface area contributed by atoms with E-state index in [1.165, 1.54) is 0 Å². The van der Waals surface area contributed by atoms with E-state index in [9.17, 15) is 9.59 Å². The molecule has 1 heterocycles. The lowest BCUT2D eigenvalue weighted by molar-refractivity contribution is -0.135. The molecule has 6 heteroatoms. The predicted octanol–water partition coefficient (Wildman–Crippen LogP) is 2.69. The van der Waals surface area contributed by atoms with Crippen LogP contribution in [-0.4, -0.2) is 36.4 Å². The third kappa shape index (κ3) is 3.47. The summed E-state index contributed by atoms with van der Waals surface area (Å²) in [5.74, 6) is 0.456. The summed E-state index contributed by atoms with van der Waals surface area (Å²) in [5.41, 5.74) is 0.521. The van der Waals surface area contributed by atoms with Crippen LogP contribution < -0.4 is 10.1 Å². The molecule has 0 spiro atoms. The van der Waals surface area contributed by atoms with E-state index in [1.807, 2.05) is 6.92 Å². The summed E-state index contributed by atoms with van der Waals surface area (Å²) in [6.07, 6.45) is 1.91. The van der Waals surface area contributed by atoms with Crippen molar-refractivity contribution in [3.8, 4) is 5.75 Å². The second kappa shape index (κ2) is 6.80. The van der Waals surface area contributed by atoms with E-state index in [4.69, 9.17) is 16.3 Å². The van der Waals surface area contributed by atoms with Gasteiger partial charge in [-0.15, -0.1) is 0 Å². The Morgan fingerprint density at radius 3 is 2.81 bits per heavy atom. The second-order valence-electron chi connectivity index (χ2n) is 4.95. The highest BCUT2D eigenvalue weighted by Gasteiger charge is 2.31. The fraction of sp³-hybridized carbons (Fsp3) is 0.467. The number of hydrogen-bond donors (Lipinski definition) is 1. The predicted molar refractivity (Wildman–Crippen MR) is 81.7 cm³/mol. The highest BCUT2D eigenvalue weighted by atomic mass is 35.5. The molecule has 21 heavy (non-hydrogen) atoms. The molecule has 5 nitrogen and oxygen atoms in total. The number of methoxy groups -OCH3 is 1. The van der Waals surface area contributed by atoms with E-state index in [1.54, 1.807) is 30.2 Å². The minimum atomic E-state index is -0.446. The molecule has 1 aliphatic heterocycles. The Kier molecular flexibility index (Phi) is 5.07. The average Bonchev–Trinajstić information content (AvgIpc) is 2.88. The maximum Gasteiger partial charge on any atom is 0.247 e. The van der Waals surface area contributed by atoms with Gasteiger partial charge in [-0.05, 0) is 25.0 Å². The Balaban J connectivity index is 2.10. The third-order valence-corrected chi connectivity index (χ3v) is 3.92. The SMILES string of the molecule is CC[C@@H](C(=O)Nc1ccc(OC)cc1Cl)N1CCCC1=O. The molecule has 0 bridgehead atoms. The number of halogens is 1. The van der Waals surface area contributed by atoms with Crippen LogP contribution >= 0.6 is 11.6 Å². The van der Waals surface area contributed by atoms with E-state index in [0.29, 0.717) is 35.8 Å². The monoisotopic (exact) mass is 310 g/mol. The lowest BCUT2D eigenvalue weighted by Crippen LogP contribution is -2.44. The summed E-state index contributed by atoms with van der Waals surface area (Å²) in [6, 6.07) is 4.61. The topological polar surface area (TPSA) is 58.6 Å². The molecule has 1 aliphatic rings. The Hall–Kier alpha value is -1.75. The second-order valence-corrected chi connectivity index (χ2v) is 5.36. The number of likely N-dealkylation sites (tertiary alicyclic amines) is 1. The number of hydrogen-bond acceptors (Lipinski definition) is 3. The maximum absolute atomic E-state index is 12.4. The van der Waals surface area contributed by atoms with Crippen molar-refractivity contribution in [1.82, 2.24) is 4.90 Å². The molecule has 1 N–H and O–H groups in total. The summed E-state index contributed by atoms with van der Waals surface area (Å²) >= 11 is 6.11. The number of benzene rings is 1. The molecular formula is C15H19ClN2O3. The van der Waals surface area contributed by atoms with E-state index in [0.717, 1.165) is 6.42 Å². The third-order valence-electron chi connectivity index (χ3n) is 3.61. The summed E-state index contributed by atoms with van der Waals surface area (Å²) in [6.45, 7) is 2.53. The van der Waals surface area contributed by atoms with Crippen molar-refractivity contribution in [3.63, 3.8) is 0 Å². The van der Waals surface area contributed by atoms with Gasteiger partial charge in [0.2, 0.25) is 11.8 Å². The number of nitrogens with zero attached hydrogens (tertiary/aromatic N) is 1. The smallest absolute Gasteiger partial charge is 0.247 e. The molecule has 1 aromatic rings. The van der Waals surface area contributed by atoms with Gasteiger partial charge in [0.25, 0.3) is 0 Å². The van der Waals surface area contributed by atoms with Gasteiger partial charge in [-0.1, -0.05) is 18.5 Å². The van der Waals surface area contributed by atoms with Crippen molar-refractivity contribution in [2.45, 2.75) is 32.2 Å². The van der Waals surface area contributed by atoms with Gasteiger partial charge in [0.15, 0.2) is 0 Å². The normalized spacial score (nSPS) is 16.0. The Bertz CT molecular complexity index is 548. The van der Waals surface area contributed by atoms with Gasteiger partial charge in [0.1, 0.15) is 11.8 Å². The van der Waals surface area contributed by atoms with E-state index >= 15 is 0 Å². The van der Waals surface area contributed by atoms with Crippen LogP contribution in [0.1, 0.15) is 26.2 Å². The quantitative estimate of drug-likeness (QED) is 0.909. The Morgan fingerprint density at radius 2 is 2.29 bits per heavy atom. The molecule has 0 unspecified atom stereocenters. The van der Waals surface area contributed by atoms with Gasteiger partial charge in [-0.25, -0.2) is 0 Å². The van der Waals surface area contributed by atoms with Crippen molar-refractivity contribution >= 4 is 29.1 Å². The van der Waals surface area contributed by atoms with Crippen LogP contribution in [0, 0.1) is 0 Å². The highest BCUT2D eigenvalue weighted by molar-refractivity contribution is 6.33.